The maximum Gasteiger partial charge on any atom is 0.337 e. The Bertz CT molecular complexity index is 1180. The van der Waals surface area contributed by atoms with Crippen molar-refractivity contribution in [2.75, 3.05) is 14.2 Å². The molecule has 0 atom stereocenters. The van der Waals surface area contributed by atoms with Gasteiger partial charge in [-0.15, -0.1) is 0 Å². The molecule has 0 amide bonds. The second-order valence-electron chi connectivity index (χ2n) is 7.09. The third-order valence-corrected chi connectivity index (χ3v) is 5.31. The summed E-state index contributed by atoms with van der Waals surface area (Å²) >= 11 is 0. The van der Waals surface area contributed by atoms with E-state index in [9.17, 15) is 19.2 Å². The average Bonchev–Trinajstić information content (AvgIpc) is 2.85. The first-order valence-electron chi connectivity index (χ1n) is 9.76. The van der Waals surface area contributed by atoms with Gasteiger partial charge in [0.2, 0.25) is 0 Å². The molecule has 1 aliphatic rings. The van der Waals surface area contributed by atoms with Crippen LogP contribution < -0.4 is 0 Å². The number of hydrogen-bond donors (Lipinski definition) is 0. The number of carbonyl (C=O) groups excluding carboxylic acids is 4. The molecule has 0 spiro atoms. The zero-order valence-electron chi connectivity index (χ0n) is 17.4. The topological polar surface area (TPSA) is 86.7 Å². The van der Waals surface area contributed by atoms with Crippen LogP contribution in [0, 0.1) is 0 Å². The first-order valence-corrected chi connectivity index (χ1v) is 9.76. The molecule has 158 valence electrons. The molecule has 0 N–H and O–H groups in total. The predicted octanol–water partition coefficient (Wildman–Crippen LogP) is 4.25. The molecular weight excluding hydrogens is 408 g/mol. The Hall–Kier alpha value is -4.32. The van der Waals surface area contributed by atoms with Gasteiger partial charge in [-0.2, -0.15) is 0 Å². The van der Waals surface area contributed by atoms with Gasteiger partial charge in [-0.05, 0) is 35.4 Å². The van der Waals surface area contributed by atoms with Gasteiger partial charge < -0.3 is 9.47 Å². The largest absolute Gasteiger partial charge is 0.465 e. The highest BCUT2D eigenvalue weighted by Crippen LogP contribution is 2.37. The van der Waals surface area contributed by atoms with Crippen LogP contribution in [0.15, 0.2) is 72.8 Å². The number of methoxy groups -OCH3 is 2. The van der Waals surface area contributed by atoms with Gasteiger partial charge in [0.05, 0.1) is 25.3 Å². The van der Waals surface area contributed by atoms with Crippen LogP contribution in [0.2, 0.25) is 0 Å². The van der Waals surface area contributed by atoms with Crippen molar-refractivity contribution in [3.63, 3.8) is 0 Å². The summed E-state index contributed by atoms with van der Waals surface area (Å²) in [4.78, 5) is 50.5. The molecule has 0 bridgehead atoms. The number of rotatable bonds is 4. The fourth-order valence-corrected chi connectivity index (χ4v) is 3.71. The lowest BCUT2D eigenvalue weighted by Crippen LogP contribution is -2.21. The van der Waals surface area contributed by atoms with Crippen LogP contribution in [0.25, 0.3) is 11.1 Å². The van der Waals surface area contributed by atoms with E-state index in [1.807, 2.05) is 0 Å². The summed E-state index contributed by atoms with van der Waals surface area (Å²) in [6.07, 6.45) is 0. The third-order valence-electron chi connectivity index (χ3n) is 5.31. The van der Waals surface area contributed by atoms with Crippen LogP contribution in [0.1, 0.15) is 52.6 Å². The van der Waals surface area contributed by atoms with E-state index in [1.54, 1.807) is 72.8 Å². The van der Waals surface area contributed by atoms with E-state index in [-0.39, 0.29) is 22.7 Å². The third kappa shape index (κ3) is 3.52. The highest BCUT2D eigenvalue weighted by Gasteiger charge is 2.33. The van der Waals surface area contributed by atoms with Gasteiger partial charge in [0.15, 0.2) is 11.6 Å². The van der Waals surface area contributed by atoms with E-state index in [2.05, 4.69) is 0 Å². The molecule has 0 aliphatic heterocycles. The first kappa shape index (κ1) is 20.9. The molecule has 4 rings (SSSR count). The van der Waals surface area contributed by atoms with Gasteiger partial charge >= 0.3 is 11.9 Å². The highest BCUT2D eigenvalue weighted by atomic mass is 16.5. The van der Waals surface area contributed by atoms with Crippen LogP contribution in [-0.2, 0) is 9.47 Å². The molecule has 0 heterocycles. The summed E-state index contributed by atoms with van der Waals surface area (Å²) in [5.74, 6) is -1.59. The molecule has 0 fully saturated rings. The molecule has 1 aliphatic carbocycles. The maximum absolute atomic E-state index is 13.5. The number of carbonyl (C=O) groups is 4. The Morgan fingerprint density at radius 2 is 0.906 bits per heavy atom. The van der Waals surface area contributed by atoms with Crippen LogP contribution in [0.3, 0.4) is 0 Å². The van der Waals surface area contributed by atoms with Crippen LogP contribution in [0.4, 0.5) is 0 Å². The lowest BCUT2D eigenvalue weighted by molar-refractivity contribution is 0.0592. The van der Waals surface area contributed by atoms with Crippen molar-refractivity contribution in [3.8, 4) is 0 Å². The second-order valence-corrected chi connectivity index (χ2v) is 7.09. The predicted molar refractivity (Wildman–Crippen MR) is 117 cm³/mol. The average molecular weight is 426 g/mol. The summed E-state index contributed by atoms with van der Waals surface area (Å²) in [6.45, 7) is 0. The molecule has 0 aromatic heterocycles. The number of ether oxygens (including phenoxy) is 2. The van der Waals surface area contributed by atoms with Gasteiger partial charge in [-0.3, -0.25) is 9.59 Å². The van der Waals surface area contributed by atoms with Gasteiger partial charge in [-0.1, -0.05) is 48.5 Å². The Morgan fingerprint density at radius 3 is 1.22 bits per heavy atom. The van der Waals surface area contributed by atoms with Crippen molar-refractivity contribution >= 4 is 34.7 Å². The molecule has 6 heteroatoms. The Balaban J connectivity index is 1.91. The summed E-state index contributed by atoms with van der Waals surface area (Å²) < 4.78 is 9.45. The minimum Gasteiger partial charge on any atom is -0.465 e. The Labute approximate surface area is 184 Å². The first-order chi connectivity index (χ1) is 15.5. The standard InChI is InChI=1S/C26H18O6/c1-31-25(29)17-11-7-15(8-12-17)21-22(16-9-13-18(14-10-16)26(30)32-2)24(28)20-6-4-3-5-19(20)23(21)27/h3-14H,1-2H3. The molecule has 0 radical (unpaired) electrons. The number of ketones is 2. The number of Topliss-reactive ketones (excluding diaryl/α,β-unsaturated/α-hetero) is 2. The second kappa shape index (κ2) is 8.43. The van der Waals surface area contributed by atoms with Crippen molar-refractivity contribution in [2.24, 2.45) is 0 Å². The van der Waals surface area contributed by atoms with E-state index in [0.717, 1.165) is 0 Å². The van der Waals surface area contributed by atoms with E-state index in [1.165, 1.54) is 14.2 Å². The Kier molecular flexibility index (Phi) is 5.52. The van der Waals surface area contributed by atoms with Crippen molar-refractivity contribution in [1.82, 2.24) is 0 Å². The fourth-order valence-electron chi connectivity index (χ4n) is 3.71. The maximum atomic E-state index is 13.5. The molecule has 0 saturated carbocycles. The van der Waals surface area contributed by atoms with Crippen molar-refractivity contribution < 1.29 is 28.7 Å². The summed E-state index contributed by atoms with van der Waals surface area (Å²) in [6, 6.07) is 19.3. The minimum absolute atomic E-state index is 0.232. The molecular formula is C26H18O6. The van der Waals surface area contributed by atoms with E-state index < -0.39 is 11.9 Å². The van der Waals surface area contributed by atoms with Crippen molar-refractivity contribution in [1.29, 1.82) is 0 Å². The van der Waals surface area contributed by atoms with Gasteiger partial charge in [0.1, 0.15) is 0 Å². The number of esters is 2. The normalized spacial score (nSPS) is 12.9. The van der Waals surface area contributed by atoms with E-state index in [0.29, 0.717) is 33.4 Å². The zero-order valence-corrected chi connectivity index (χ0v) is 17.4. The molecule has 6 nitrogen and oxygen atoms in total. The molecule has 3 aromatic carbocycles. The van der Waals surface area contributed by atoms with E-state index in [4.69, 9.17) is 9.47 Å². The highest BCUT2D eigenvalue weighted by molar-refractivity contribution is 6.51. The van der Waals surface area contributed by atoms with Gasteiger partial charge in [-0.25, -0.2) is 9.59 Å². The minimum atomic E-state index is -0.499. The summed E-state index contributed by atoms with van der Waals surface area (Å²) in [5, 5.41) is 0. The van der Waals surface area contributed by atoms with Gasteiger partial charge in [0.25, 0.3) is 0 Å². The quantitative estimate of drug-likeness (QED) is 0.580. The number of benzene rings is 3. The Morgan fingerprint density at radius 1 is 0.562 bits per heavy atom. The van der Waals surface area contributed by atoms with Crippen LogP contribution >= 0.6 is 0 Å². The van der Waals surface area contributed by atoms with Crippen molar-refractivity contribution in [2.45, 2.75) is 0 Å². The molecule has 0 unspecified atom stereocenters. The van der Waals surface area contributed by atoms with E-state index >= 15 is 0 Å². The van der Waals surface area contributed by atoms with Crippen LogP contribution in [-0.4, -0.2) is 37.7 Å². The van der Waals surface area contributed by atoms with Gasteiger partial charge in [0, 0.05) is 22.3 Å². The molecule has 32 heavy (non-hydrogen) atoms. The smallest absolute Gasteiger partial charge is 0.337 e. The summed E-state index contributed by atoms with van der Waals surface area (Å²) in [7, 11) is 2.57. The SMILES string of the molecule is COC(=O)c1ccc(C2=C(c3ccc(C(=O)OC)cc3)C(=O)c3ccccc3C2=O)cc1. The molecule has 0 saturated heterocycles. The lowest BCUT2D eigenvalue weighted by atomic mass is 9.78. The molecule has 3 aromatic rings. The fraction of sp³-hybridized carbons (Fsp3) is 0.0769. The number of fused-ring (bicyclic) bond motifs is 1. The zero-order chi connectivity index (χ0) is 22.8. The summed E-state index contributed by atoms with van der Waals surface area (Å²) in [5.41, 5.74) is 2.76. The monoisotopic (exact) mass is 426 g/mol. The number of allylic oxidation sites excluding steroid dienone is 2. The van der Waals surface area contributed by atoms with Crippen LogP contribution in [0.5, 0.6) is 0 Å². The number of hydrogen-bond acceptors (Lipinski definition) is 6. The van der Waals surface area contributed by atoms with Crippen molar-refractivity contribution in [3.05, 3.63) is 106 Å². The lowest BCUT2D eigenvalue weighted by Gasteiger charge is -2.22.